The van der Waals surface area contributed by atoms with Gasteiger partial charge in [0.2, 0.25) is 5.91 Å². The number of nitrogens with one attached hydrogen (secondary N) is 3. The molecule has 1 heterocycles. The average Bonchev–Trinajstić information content (AvgIpc) is 2.55. The Morgan fingerprint density at radius 2 is 1.91 bits per heavy atom. The summed E-state index contributed by atoms with van der Waals surface area (Å²) < 4.78 is 26.3. The van der Waals surface area contributed by atoms with Gasteiger partial charge >= 0.3 is 0 Å². The van der Waals surface area contributed by atoms with E-state index in [1.165, 1.54) is 19.2 Å². The molecule has 2 rings (SSSR count). The van der Waals surface area contributed by atoms with Crippen LogP contribution in [0.4, 0.5) is 8.78 Å². The lowest BCUT2D eigenvalue weighted by Gasteiger charge is -2.17. The van der Waals surface area contributed by atoms with Crippen molar-refractivity contribution in [3.8, 4) is 0 Å². The van der Waals surface area contributed by atoms with Crippen LogP contribution in [0.5, 0.6) is 0 Å². The molecule has 3 N–H and O–H groups in total. The molecule has 1 aromatic carbocycles. The highest BCUT2D eigenvalue weighted by atomic mass is 19.2. The van der Waals surface area contributed by atoms with E-state index in [4.69, 9.17) is 0 Å². The Kier molecular flexibility index (Phi) is 4.79. The maximum Gasteiger partial charge on any atom is 0.272 e. The first-order chi connectivity index (χ1) is 10.9. The van der Waals surface area contributed by atoms with Crippen LogP contribution in [0.3, 0.4) is 0 Å². The van der Waals surface area contributed by atoms with Gasteiger partial charge in [0, 0.05) is 13.1 Å². The van der Waals surface area contributed by atoms with E-state index in [2.05, 4.69) is 20.8 Å². The molecule has 0 radical (unpaired) electrons. The maximum atomic E-state index is 13.3. The van der Waals surface area contributed by atoms with E-state index in [9.17, 15) is 23.2 Å². The van der Waals surface area contributed by atoms with Gasteiger partial charge in [-0.05, 0) is 23.8 Å². The van der Waals surface area contributed by atoms with Crippen molar-refractivity contribution in [3.05, 3.63) is 63.6 Å². The van der Waals surface area contributed by atoms with Crippen LogP contribution in [0.25, 0.3) is 0 Å². The molecule has 0 saturated heterocycles. The van der Waals surface area contributed by atoms with Crippen LogP contribution in [-0.4, -0.2) is 29.1 Å². The fourth-order valence-corrected chi connectivity index (χ4v) is 1.81. The molecular weight excluding hydrogens is 310 g/mol. The minimum atomic E-state index is -1.25. The number of aromatic amines is 1. The molecule has 120 valence electrons. The van der Waals surface area contributed by atoms with E-state index >= 15 is 0 Å². The first-order valence-corrected chi connectivity index (χ1v) is 6.45. The quantitative estimate of drug-likeness (QED) is 0.751. The molecule has 0 spiro atoms. The molecule has 1 atom stereocenters. The Labute approximate surface area is 128 Å². The predicted octanol–water partition coefficient (Wildman–Crippen LogP) is 0.265. The molecule has 0 bridgehead atoms. The molecule has 1 unspecified atom stereocenters. The Hall–Kier alpha value is -3.10. The van der Waals surface area contributed by atoms with Crippen molar-refractivity contribution in [3.63, 3.8) is 0 Å². The van der Waals surface area contributed by atoms with Crippen molar-refractivity contribution in [1.29, 1.82) is 0 Å². The van der Waals surface area contributed by atoms with Gasteiger partial charge in [-0.15, -0.1) is 0 Å². The summed E-state index contributed by atoms with van der Waals surface area (Å²) >= 11 is 0. The van der Waals surface area contributed by atoms with Gasteiger partial charge in [0.05, 0.1) is 0 Å². The zero-order valence-electron chi connectivity index (χ0n) is 11.9. The van der Waals surface area contributed by atoms with E-state index < -0.39 is 35.0 Å². The van der Waals surface area contributed by atoms with E-state index in [1.807, 2.05) is 0 Å². The second-order valence-corrected chi connectivity index (χ2v) is 4.50. The number of halogens is 2. The molecule has 1 aromatic heterocycles. The number of amides is 2. The van der Waals surface area contributed by atoms with Gasteiger partial charge in [-0.2, -0.15) is 5.10 Å². The average molecular weight is 322 g/mol. The number of aromatic nitrogens is 2. The number of carbonyl (C=O) groups is 2. The number of hydrogen-bond acceptors (Lipinski definition) is 4. The Bertz CT molecular complexity index is 786. The lowest BCUT2D eigenvalue weighted by atomic mass is 10.1. The lowest BCUT2D eigenvalue weighted by Crippen LogP contribution is -2.39. The van der Waals surface area contributed by atoms with Gasteiger partial charge in [-0.1, -0.05) is 6.07 Å². The number of benzene rings is 1. The van der Waals surface area contributed by atoms with E-state index in [0.717, 1.165) is 18.2 Å². The van der Waals surface area contributed by atoms with Crippen LogP contribution in [0.1, 0.15) is 22.1 Å². The third-order valence-electron chi connectivity index (χ3n) is 2.97. The highest BCUT2D eigenvalue weighted by molar-refractivity contribution is 5.96. The second-order valence-electron chi connectivity index (χ2n) is 4.50. The van der Waals surface area contributed by atoms with E-state index in [1.54, 1.807) is 0 Å². The van der Waals surface area contributed by atoms with Gasteiger partial charge in [0.15, 0.2) is 11.6 Å². The van der Waals surface area contributed by atoms with Crippen molar-refractivity contribution < 1.29 is 18.4 Å². The smallest absolute Gasteiger partial charge is 0.272 e. The molecule has 0 fully saturated rings. The SMILES string of the molecule is CNC(=O)C(NC(=O)c1ccc(=O)[nH]n1)c1ccc(F)c(F)c1. The van der Waals surface area contributed by atoms with Gasteiger partial charge in [-0.25, -0.2) is 13.9 Å². The largest absolute Gasteiger partial charge is 0.357 e. The number of rotatable bonds is 4. The summed E-state index contributed by atoms with van der Waals surface area (Å²) in [4.78, 5) is 34.9. The Morgan fingerprint density at radius 3 is 2.48 bits per heavy atom. The molecule has 9 heteroatoms. The molecule has 0 aliphatic carbocycles. The topological polar surface area (TPSA) is 104 Å². The molecule has 2 amide bonds. The summed E-state index contributed by atoms with van der Waals surface area (Å²) in [7, 11) is 1.33. The number of carbonyl (C=O) groups excluding carboxylic acids is 2. The number of nitrogens with zero attached hydrogens (tertiary/aromatic N) is 1. The maximum absolute atomic E-state index is 13.3. The molecule has 0 aliphatic heterocycles. The predicted molar refractivity (Wildman–Crippen MR) is 75.5 cm³/mol. The van der Waals surface area contributed by atoms with Crippen molar-refractivity contribution in [2.75, 3.05) is 7.05 Å². The molecule has 0 aliphatic rings. The van der Waals surface area contributed by atoms with Gasteiger partial charge in [-0.3, -0.25) is 14.4 Å². The number of likely N-dealkylation sites (N-methyl/N-ethyl adjacent to an activating group) is 1. The zero-order valence-corrected chi connectivity index (χ0v) is 11.9. The number of hydrogen-bond donors (Lipinski definition) is 3. The molecular formula is C14H12F2N4O3. The first kappa shape index (κ1) is 16.3. The van der Waals surface area contributed by atoms with Crippen molar-refractivity contribution in [1.82, 2.24) is 20.8 Å². The first-order valence-electron chi connectivity index (χ1n) is 6.45. The third-order valence-corrected chi connectivity index (χ3v) is 2.97. The van der Waals surface area contributed by atoms with Gasteiger partial charge in [0.25, 0.3) is 11.5 Å². The summed E-state index contributed by atoms with van der Waals surface area (Å²) in [6.45, 7) is 0. The summed E-state index contributed by atoms with van der Waals surface area (Å²) in [6.07, 6.45) is 0. The molecule has 0 saturated carbocycles. The van der Waals surface area contributed by atoms with Crippen LogP contribution in [0.2, 0.25) is 0 Å². The summed E-state index contributed by atoms with van der Waals surface area (Å²) in [5.41, 5.74) is -0.577. The fraction of sp³-hybridized carbons (Fsp3) is 0.143. The van der Waals surface area contributed by atoms with Crippen molar-refractivity contribution >= 4 is 11.8 Å². The molecule has 23 heavy (non-hydrogen) atoms. The molecule has 2 aromatic rings. The van der Waals surface area contributed by atoms with Crippen molar-refractivity contribution in [2.24, 2.45) is 0 Å². The minimum absolute atomic E-state index is 0.0565. The Balaban J connectivity index is 2.30. The molecule has 7 nitrogen and oxygen atoms in total. The summed E-state index contributed by atoms with van der Waals surface area (Å²) in [6, 6.07) is 3.85. The fourth-order valence-electron chi connectivity index (χ4n) is 1.81. The minimum Gasteiger partial charge on any atom is -0.357 e. The van der Waals surface area contributed by atoms with Crippen LogP contribution in [0, 0.1) is 11.6 Å². The standard InChI is InChI=1S/C14H12F2N4O3/c1-17-14(23)12(7-2-3-8(15)9(16)6-7)18-13(22)10-4-5-11(21)20-19-10/h2-6,12H,1H3,(H,17,23)(H,18,22)(H,20,21). The van der Waals surface area contributed by atoms with Crippen LogP contribution < -0.4 is 16.2 Å². The highest BCUT2D eigenvalue weighted by Crippen LogP contribution is 2.17. The third kappa shape index (κ3) is 3.76. The van der Waals surface area contributed by atoms with Gasteiger partial charge in [0.1, 0.15) is 11.7 Å². The zero-order chi connectivity index (χ0) is 17.0. The second kappa shape index (κ2) is 6.77. The van der Waals surface area contributed by atoms with E-state index in [0.29, 0.717) is 0 Å². The number of H-pyrrole nitrogens is 1. The van der Waals surface area contributed by atoms with E-state index in [-0.39, 0.29) is 11.3 Å². The monoisotopic (exact) mass is 322 g/mol. The van der Waals surface area contributed by atoms with Gasteiger partial charge < -0.3 is 10.6 Å². The lowest BCUT2D eigenvalue weighted by molar-refractivity contribution is -0.122. The van der Waals surface area contributed by atoms with Crippen molar-refractivity contribution in [2.45, 2.75) is 6.04 Å². The summed E-state index contributed by atoms with van der Waals surface area (Å²) in [5, 5.41) is 10.3. The van der Waals surface area contributed by atoms with Crippen LogP contribution >= 0.6 is 0 Å². The summed E-state index contributed by atoms with van der Waals surface area (Å²) in [5.74, 6) is -3.61. The van der Waals surface area contributed by atoms with Crippen LogP contribution in [-0.2, 0) is 4.79 Å². The van der Waals surface area contributed by atoms with Crippen LogP contribution in [0.15, 0.2) is 35.1 Å². The highest BCUT2D eigenvalue weighted by Gasteiger charge is 2.24. The normalized spacial score (nSPS) is 11.6. The Morgan fingerprint density at radius 1 is 1.17 bits per heavy atom.